The van der Waals surface area contributed by atoms with Gasteiger partial charge in [-0.1, -0.05) is 36.8 Å². The molecule has 4 saturated heterocycles. The first-order valence-corrected chi connectivity index (χ1v) is 27.3. The average molecular weight is 1080 g/mol. The summed E-state index contributed by atoms with van der Waals surface area (Å²) in [6.45, 7) is 12.3. The molecular formula is C56H84O20. The fourth-order valence-electron chi connectivity index (χ4n) is 14.9. The Hall–Kier alpha value is -2.58. The molecule has 0 radical (unpaired) electrons. The molecule has 4 heterocycles. The lowest BCUT2D eigenvalue weighted by atomic mass is 9.42. The molecule has 428 valence electrons. The van der Waals surface area contributed by atoms with Crippen molar-refractivity contribution in [3.63, 3.8) is 0 Å². The number of aliphatic hydroxyl groups is 5. The van der Waals surface area contributed by atoms with Crippen LogP contribution in [0.25, 0.3) is 0 Å². The molecule has 0 aromatic heterocycles. The van der Waals surface area contributed by atoms with Crippen LogP contribution in [0.1, 0.15) is 123 Å². The number of ketones is 1. The lowest BCUT2D eigenvalue weighted by molar-refractivity contribution is -0.356. The third-order valence-corrected chi connectivity index (χ3v) is 19.5. The number of benzene rings is 1. The van der Waals surface area contributed by atoms with Gasteiger partial charge < -0.3 is 87.1 Å². The Morgan fingerprint density at radius 2 is 1.17 bits per heavy atom. The van der Waals surface area contributed by atoms with Gasteiger partial charge in [0.15, 0.2) is 30.9 Å². The van der Waals surface area contributed by atoms with Gasteiger partial charge in [-0.15, -0.1) is 0 Å². The Labute approximate surface area is 446 Å². The highest BCUT2D eigenvalue weighted by atomic mass is 16.8. The van der Waals surface area contributed by atoms with E-state index in [1.54, 1.807) is 65.5 Å². The van der Waals surface area contributed by atoms with Gasteiger partial charge in [0.25, 0.3) is 0 Å². The summed E-state index contributed by atoms with van der Waals surface area (Å²) in [6, 6.07) is 8.51. The van der Waals surface area contributed by atoms with E-state index in [9.17, 15) is 35.1 Å². The van der Waals surface area contributed by atoms with E-state index in [1.165, 1.54) is 14.0 Å². The van der Waals surface area contributed by atoms with E-state index in [0.717, 1.165) is 5.57 Å². The predicted octanol–water partition coefficient (Wildman–Crippen LogP) is 3.81. The lowest BCUT2D eigenvalue weighted by Gasteiger charge is -2.67. The van der Waals surface area contributed by atoms with Crippen LogP contribution in [0.5, 0.6) is 0 Å². The molecule has 76 heavy (non-hydrogen) atoms. The van der Waals surface area contributed by atoms with Crippen LogP contribution in [-0.4, -0.2) is 199 Å². The van der Waals surface area contributed by atoms with Crippen molar-refractivity contribution in [1.82, 2.24) is 0 Å². The second-order valence-electron chi connectivity index (χ2n) is 23.3. The van der Waals surface area contributed by atoms with Gasteiger partial charge >= 0.3 is 5.97 Å². The molecule has 25 unspecified atom stereocenters. The van der Waals surface area contributed by atoms with Gasteiger partial charge in [-0.05, 0) is 104 Å². The van der Waals surface area contributed by atoms with Crippen molar-refractivity contribution in [3.05, 3.63) is 47.5 Å². The van der Waals surface area contributed by atoms with Gasteiger partial charge in [-0.3, -0.25) is 4.79 Å². The fourth-order valence-corrected chi connectivity index (χ4v) is 14.9. The van der Waals surface area contributed by atoms with Crippen LogP contribution in [0.15, 0.2) is 42.0 Å². The summed E-state index contributed by atoms with van der Waals surface area (Å²) in [7, 11) is 6.24. The van der Waals surface area contributed by atoms with E-state index < -0.39 is 156 Å². The van der Waals surface area contributed by atoms with E-state index >= 15 is 0 Å². The quantitative estimate of drug-likeness (QED) is 0.124. The first-order valence-electron chi connectivity index (χ1n) is 27.3. The second kappa shape index (κ2) is 22.4. The van der Waals surface area contributed by atoms with Gasteiger partial charge in [-0.25, -0.2) is 4.79 Å². The fraction of sp³-hybridized carbons (Fsp3) is 0.821. The van der Waals surface area contributed by atoms with Gasteiger partial charge in [0.2, 0.25) is 0 Å². The number of fused-ring (bicyclic) bond motifs is 5. The third-order valence-electron chi connectivity index (χ3n) is 19.5. The highest BCUT2D eigenvalue weighted by Crippen LogP contribution is 2.71. The van der Waals surface area contributed by atoms with Crippen LogP contribution in [0, 0.1) is 16.7 Å². The number of Topliss-reactive ketones (excluding diaryl/α,β-unsaturated/α-hetero) is 1. The smallest absolute Gasteiger partial charge is 0.338 e. The van der Waals surface area contributed by atoms with E-state index in [2.05, 4.69) is 6.92 Å². The predicted molar refractivity (Wildman–Crippen MR) is 267 cm³/mol. The zero-order chi connectivity index (χ0) is 54.9. The van der Waals surface area contributed by atoms with Gasteiger partial charge in [0.1, 0.15) is 59.5 Å². The zero-order valence-electron chi connectivity index (χ0n) is 45.9. The van der Waals surface area contributed by atoms with Crippen LogP contribution in [0.4, 0.5) is 0 Å². The van der Waals surface area contributed by atoms with Gasteiger partial charge in [-0.2, -0.15) is 0 Å². The summed E-state index contributed by atoms with van der Waals surface area (Å²) in [6.07, 6.45) is -7.99. The van der Waals surface area contributed by atoms with Crippen molar-refractivity contribution in [2.45, 2.75) is 246 Å². The molecule has 20 nitrogen and oxygen atoms in total. The molecule has 20 heteroatoms. The number of methoxy groups -OCH3 is 4. The number of hydrogen-bond donors (Lipinski definition) is 5. The molecule has 4 aliphatic heterocycles. The molecule has 0 spiro atoms. The Bertz CT molecular complexity index is 2220. The largest absolute Gasteiger partial charge is 0.458 e. The van der Waals surface area contributed by atoms with Crippen molar-refractivity contribution < 1.29 is 96.7 Å². The summed E-state index contributed by atoms with van der Waals surface area (Å²) >= 11 is 0. The van der Waals surface area contributed by atoms with E-state index in [0.29, 0.717) is 44.1 Å². The molecule has 25 atom stereocenters. The standard InChI is InChI=1S/C56H84O20/c1-28-44(58)49(67-11)45(59)51(71-28)76-48-31(4)70-43(26-38(48)66-10)75-47-30(3)69-42(25-37(47)65-9)74-46-29(2)68-41(24-36(46)64-8)72-35-18-19-52(6)34(23-35)17-20-55(62)39(52)27-40(73-50(60)33-15-13-12-14-16-33)53(7)54(61,32(5)57)21-22-56(53,55)63/h12-17,28-31,35-49,51,58-59,61-63H,18-27H2,1-11H3. The minimum Gasteiger partial charge on any atom is -0.458 e. The summed E-state index contributed by atoms with van der Waals surface area (Å²) in [5, 5.41) is 59.5. The highest BCUT2D eigenvalue weighted by molar-refractivity contribution is 5.90. The minimum absolute atomic E-state index is 0.0498. The Balaban J connectivity index is 0.810. The summed E-state index contributed by atoms with van der Waals surface area (Å²) in [5.41, 5.74) is -6.73. The Morgan fingerprint density at radius 3 is 1.70 bits per heavy atom. The maximum absolute atomic E-state index is 13.7. The molecule has 0 bridgehead atoms. The van der Waals surface area contributed by atoms with Crippen LogP contribution in [0.3, 0.4) is 0 Å². The number of ether oxygens (including phenoxy) is 13. The van der Waals surface area contributed by atoms with Crippen molar-refractivity contribution >= 4 is 11.8 Å². The highest BCUT2D eigenvalue weighted by Gasteiger charge is 2.81. The minimum atomic E-state index is -2.04. The normalized spacial score (nSPS) is 49.4. The van der Waals surface area contributed by atoms with E-state index in [-0.39, 0.29) is 31.8 Å². The number of carbonyl (C=O) groups excluding carboxylic acids is 2. The number of hydrogen-bond acceptors (Lipinski definition) is 20. The molecule has 1 aromatic rings. The molecule has 5 N–H and O–H groups in total. The van der Waals surface area contributed by atoms with Gasteiger partial charge in [0.05, 0.1) is 59.8 Å². The number of rotatable bonds is 15. The van der Waals surface area contributed by atoms with Crippen molar-refractivity contribution in [3.8, 4) is 0 Å². The third kappa shape index (κ3) is 9.87. The monoisotopic (exact) mass is 1080 g/mol. The molecular weight excluding hydrogens is 993 g/mol. The summed E-state index contributed by atoms with van der Waals surface area (Å²) < 4.78 is 81.0. The Kier molecular flexibility index (Phi) is 17.1. The van der Waals surface area contributed by atoms with Crippen LogP contribution < -0.4 is 0 Å². The molecule has 7 fully saturated rings. The first kappa shape index (κ1) is 58.1. The molecule has 8 aliphatic rings. The van der Waals surface area contributed by atoms with Crippen LogP contribution in [-0.2, 0) is 66.4 Å². The Morgan fingerprint density at radius 1 is 0.632 bits per heavy atom. The van der Waals surface area contributed by atoms with Crippen molar-refractivity contribution in [2.24, 2.45) is 16.7 Å². The zero-order valence-corrected chi connectivity index (χ0v) is 45.9. The molecule has 9 rings (SSSR count). The molecule has 3 saturated carbocycles. The van der Waals surface area contributed by atoms with E-state index in [1.807, 2.05) is 26.8 Å². The number of aliphatic hydroxyl groups excluding tert-OH is 2. The van der Waals surface area contributed by atoms with Crippen LogP contribution in [0.2, 0.25) is 0 Å². The van der Waals surface area contributed by atoms with Crippen LogP contribution >= 0.6 is 0 Å². The number of esters is 1. The molecule has 4 aliphatic carbocycles. The maximum Gasteiger partial charge on any atom is 0.338 e. The second-order valence-corrected chi connectivity index (χ2v) is 23.3. The number of carbonyl (C=O) groups is 2. The molecule has 1 aromatic carbocycles. The van der Waals surface area contributed by atoms with E-state index in [4.69, 9.17) is 61.6 Å². The van der Waals surface area contributed by atoms with Crippen molar-refractivity contribution in [2.75, 3.05) is 28.4 Å². The average Bonchev–Trinajstić information content (AvgIpc) is 3.86. The first-order chi connectivity index (χ1) is 36.0. The lowest BCUT2D eigenvalue weighted by Crippen LogP contribution is -2.78. The topological polar surface area (TPSA) is 255 Å². The summed E-state index contributed by atoms with van der Waals surface area (Å²) in [5.74, 6) is -1.76. The SMILES string of the molecule is COC1CC(OC2CCC3(C)C(=CCC4(O)C3CC(OC(=O)c3ccccc3)C3(C)C(O)(C(C)=O)CCC43O)C2)OC(C)C1OC1CC(OC)C(OC2CC(OC)C(OC3OC(C)C(O)C(OC)C3O)C(C)O2)C(C)O1. The van der Waals surface area contributed by atoms with Crippen molar-refractivity contribution in [1.29, 1.82) is 0 Å². The molecule has 0 amide bonds. The maximum atomic E-state index is 13.7. The summed E-state index contributed by atoms with van der Waals surface area (Å²) in [4.78, 5) is 27.1. The van der Waals surface area contributed by atoms with Gasteiger partial charge in [0, 0.05) is 53.6 Å².